The topological polar surface area (TPSA) is 56.0 Å². The molecule has 1 aromatic heterocycles. The molecule has 5 nitrogen and oxygen atoms in total. The van der Waals surface area contributed by atoms with Gasteiger partial charge in [0, 0.05) is 13.6 Å². The molecule has 3 rings (SSSR count). The maximum atomic E-state index is 12.7. The van der Waals surface area contributed by atoms with Crippen LogP contribution in [0.15, 0.2) is 27.8 Å². The van der Waals surface area contributed by atoms with Gasteiger partial charge < -0.3 is 5.32 Å². The fraction of sp³-hybridized carbons (Fsp3) is 0.500. The molecule has 0 spiro atoms. The van der Waals surface area contributed by atoms with E-state index < -0.39 is 0 Å². The lowest BCUT2D eigenvalue weighted by Crippen LogP contribution is -2.43. The van der Waals surface area contributed by atoms with Crippen LogP contribution in [0.2, 0.25) is 0 Å². The van der Waals surface area contributed by atoms with Crippen LogP contribution < -0.4 is 16.6 Å². The van der Waals surface area contributed by atoms with E-state index in [0.717, 1.165) is 31.4 Å². The first-order chi connectivity index (χ1) is 10.1. The fourth-order valence-corrected chi connectivity index (χ4v) is 3.12. The summed E-state index contributed by atoms with van der Waals surface area (Å²) in [5.41, 5.74) is 1.38. The van der Waals surface area contributed by atoms with Crippen LogP contribution in [-0.2, 0) is 7.05 Å². The van der Waals surface area contributed by atoms with Gasteiger partial charge in [-0.1, -0.05) is 12.5 Å². The lowest BCUT2D eigenvalue weighted by molar-refractivity contribution is 0.426. The van der Waals surface area contributed by atoms with E-state index in [-0.39, 0.29) is 17.3 Å². The summed E-state index contributed by atoms with van der Waals surface area (Å²) >= 11 is 0. The standard InChI is InChI=1S/C16H21N3O2/c1-11-6-7-13-14(9-11)18(2)16(21)19(15(13)20)12-5-3-4-8-17-10-12/h6-7,9,12,17H,3-5,8,10H2,1-2H3. The van der Waals surface area contributed by atoms with Crippen molar-refractivity contribution in [2.45, 2.75) is 32.2 Å². The van der Waals surface area contributed by atoms with Crippen LogP contribution in [-0.4, -0.2) is 22.2 Å². The Bertz CT molecular complexity index is 780. The van der Waals surface area contributed by atoms with Crippen LogP contribution in [0.4, 0.5) is 0 Å². The number of benzene rings is 1. The molecule has 1 saturated heterocycles. The van der Waals surface area contributed by atoms with Gasteiger partial charge in [0.05, 0.1) is 16.9 Å². The predicted molar refractivity (Wildman–Crippen MR) is 83.9 cm³/mol. The van der Waals surface area contributed by atoms with Crippen molar-refractivity contribution in [1.82, 2.24) is 14.5 Å². The molecular weight excluding hydrogens is 266 g/mol. The first-order valence-electron chi connectivity index (χ1n) is 7.52. The zero-order chi connectivity index (χ0) is 15.0. The third-order valence-corrected chi connectivity index (χ3v) is 4.34. The highest BCUT2D eigenvalue weighted by Crippen LogP contribution is 2.16. The van der Waals surface area contributed by atoms with Crippen LogP contribution in [0.3, 0.4) is 0 Å². The monoisotopic (exact) mass is 287 g/mol. The number of hydrogen-bond donors (Lipinski definition) is 1. The van der Waals surface area contributed by atoms with Crippen LogP contribution in [0.5, 0.6) is 0 Å². The minimum Gasteiger partial charge on any atom is -0.315 e. The molecule has 1 aliphatic heterocycles. The number of aromatic nitrogens is 2. The molecule has 1 atom stereocenters. The molecule has 2 aromatic rings. The predicted octanol–water partition coefficient (Wildman–Crippen LogP) is 1.32. The highest BCUT2D eigenvalue weighted by Gasteiger charge is 2.20. The zero-order valence-corrected chi connectivity index (χ0v) is 12.6. The second kappa shape index (κ2) is 5.48. The maximum absolute atomic E-state index is 12.7. The van der Waals surface area contributed by atoms with Gasteiger partial charge >= 0.3 is 5.69 Å². The second-order valence-corrected chi connectivity index (χ2v) is 5.89. The Balaban J connectivity index is 2.26. The van der Waals surface area contributed by atoms with Crippen molar-refractivity contribution in [2.24, 2.45) is 7.05 Å². The van der Waals surface area contributed by atoms with Crippen molar-refractivity contribution in [3.05, 3.63) is 44.6 Å². The van der Waals surface area contributed by atoms with Crippen molar-refractivity contribution >= 4 is 10.9 Å². The molecule has 1 fully saturated rings. The normalized spacial score (nSPS) is 19.6. The number of hydrogen-bond acceptors (Lipinski definition) is 3. The van der Waals surface area contributed by atoms with Crippen LogP contribution in [0.1, 0.15) is 30.9 Å². The highest BCUT2D eigenvalue weighted by atomic mass is 16.2. The summed E-state index contributed by atoms with van der Waals surface area (Å²) in [4.78, 5) is 25.4. The summed E-state index contributed by atoms with van der Waals surface area (Å²) < 4.78 is 3.03. The van der Waals surface area contributed by atoms with Crippen LogP contribution in [0.25, 0.3) is 10.9 Å². The average molecular weight is 287 g/mol. The summed E-state index contributed by atoms with van der Waals surface area (Å²) in [5.74, 6) is 0. The third kappa shape index (κ3) is 2.42. The van der Waals surface area contributed by atoms with Crippen LogP contribution in [0, 0.1) is 6.92 Å². The van der Waals surface area contributed by atoms with Crippen molar-refractivity contribution in [2.75, 3.05) is 13.1 Å². The van der Waals surface area contributed by atoms with E-state index in [9.17, 15) is 9.59 Å². The van der Waals surface area contributed by atoms with E-state index in [4.69, 9.17) is 0 Å². The van der Waals surface area contributed by atoms with Gasteiger partial charge in [0.2, 0.25) is 0 Å². The van der Waals surface area contributed by atoms with Crippen molar-refractivity contribution in [1.29, 1.82) is 0 Å². The highest BCUT2D eigenvalue weighted by molar-refractivity contribution is 5.78. The first-order valence-corrected chi connectivity index (χ1v) is 7.52. The molecule has 0 saturated carbocycles. The fourth-order valence-electron chi connectivity index (χ4n) is 3.12. The lowest BCUT2D eigenvalue weighted by atomic mass is 10.1. The molecule has 1 N–H and O–H groups in total. The molecule has 1 aromatic carbocycles. The summed E-state index contributed by atoms with van der Waals surface area (Å²) in [5, 5.41) is 3.94. The quantitative estimate of drug-likeness (QED) is 0.860. The van der Waals surface area contributed by atoms with E-state index >= 15 is 0 Å². The molecule has 1 aliphatic rings. The van der Waals surface area contributed by atoms with Gasteiger partial charge in [0.15, 0.2) is 0 Å². The van der Waals surface area contributed by atoms with E-state index in [2.05, 4.69) is 5.32 Å². The zero-order valence-electron chi connectivity index (χ0n) is 12.6. The Labute approximate surface area is 123 Å². The number of fused-ring (bicyclic) bond motifs is 1. The summed E-state index contributed by atoms with van der Waals surface area (Å²) in [6, 6.07) is 5.59. The minimum absolute atomic E-state index is 0.0515. The molecule has 0 amide bonds. The van der Waals surface area contributed by atoms with E-state index in [1.54, 1.807) is 11.6 Å². The molecule has 0 bridgehead atoms. The van der Waals surface area contributed by atoms with E-state index in [0.29, 0.717) is 17.4 Å². The molecule has 5 heteroatoms. The lowest BCUT2D eigenvalue weighted by Gasteiger charge is -2.19. The first kappa shape index (κ1) is 14.1. The average Bonchev–Trinajstić information content (AvgIpc) is 2.74. The number of aryl methyl sites for hydroxylation is 2. The molecule has 0 radical (unpaired) electrons. The Morgan fingerprint density at radius 3 is 2.86 bits per heavy atom. The van der Waals surface area contributed by atoms with Gasteiger partial charge in [-0.25, -0.2) is 4.79 Å². The van der Waals surface area contributed by atoms with Gasteiger partial charge in [0.25, 0.3) is 5.56 Å². The number of nitrogens with zero attached hydrogens (tertiary/aromatic N) is 2. The Kier molecular flexibility index (Phi) is 3.68. The van der Waals surface area contributed by atoms with Crippen LogP contribution >= 0.6 is 0 Å². The second-order valence-electron chi connectivity index (χ2n) is 5.89. The molecule has 112 valence electrons. The number of nitrogens with one attached hydrogen (secondary N) is 1. The van der Waals surface area contributed by atoms with Crippen molar-refractivity contribution < 1.29 is 0 Å². The molecule has 0 aliphatic carbocycles. The largest absolute Gasteiger partial charge is 0.331 e. The Morgan fingerprint density at radius 1 is 1.24 bits per heavy atom. The Morgan fingerprint density at radius 2 is 2.05 bits per heavy atom. The Hall–Kier alpha value is -1.88. The molecule has 1 unspecified atom stereocenters. The SMILES string of the molecule is Cc1ccc2c(=O)n(C3CCCCNC3)c(=O)n(C)c2c1. The minimum atomic E-state index is -0.216. The van der Waals surface area contributed by atoms with Gasteiger partial charge in [0.1, 0.15) is 0 Å². The van der Waals surface area contributed by atoms with Gasteiger partial charge in [-0.05, 0) is 44.0 Å². The van der Waals surface area contributed by atoms with Crippen molar-refractivity contribution in [3.8, 4) is 0 Å². The smallest absolute Gasteiger partial charge is 0.315 e. The summed E-state index contributed by atoms with van der Waals surface area (Å²) in [6.07, 6.45) is 3.01. The molecule has 21 heavy (non-hydrogen) atoms. The summed E-state index contributed by atoms with van der Waals surface area (Å²) in [7, 11) is 1.74. The van der Waals surface area contributed by atoms with Crippen molar-refractivity contribution in [3.63, 3.8) is 0 Å². The summed E-state index contributed by atoms with van der Waals surface area (Å²) in [6.45, 7) is 3.61. The van der Waals surface area contributed by atoms with E-state index in [1.165, 1.54) is 4.57 Å². The number of rotatable bonds is 1. The van der Waals surface area contributed by atoms with Gasteiger partial charge in [-0.3, -0.25) is 13.9 Å². The van der Waals surface area contributed by atoms with E-state index in [1.807, 2.05) is 25.1 Å². The maximum Gasteiger partial charge on any atom is 0.331 e. The van der Waals surface area contributed by atoms with Gasteiger partial charge in [-0.2, -0.15) is 0 Å². The third-order valence-electron chi connectivity index (χ3n) is 4.34. The molecular formula is C16H21N3O2. The van der Waals surface area contributed by atoms with Gasteiger partial charge in [-0.15, -0.1) is 0 Å². The molecule has 2 heterocycles.